The fraction of sp³-hybridized carbons (Fsp3) is 0.564. The Hall–Kier alpha value is -3.85. The molecule has 0 fully saturated rings. The summed E-state index contributed by atoms with van der Waals surface area (Å²) < 4.78 is 26.9. The van der Waals surface area contributed by atoms with Gasteiger partial charge in [-0.2, -0.15) is 0 Å². The Morgan fingerprint density at radius 1 is 0.492 bits per heavy atom. The number of rotatable bonds is 44. The number of aliphatic hydroxyl groups is 1. The fourth-order valence-electron chi connectivity index (χ4n) is 5.88. The summed E-state index contributed by atoms with van der Waals surface area (Å²) in [5, 5.41) is 12.7. The van der Waals surface area contributed by atoms with Gasteiger partial charge >= 0.3 is 13.8 Å². The number of unbranched alkanes of at least 4 members (excludes halogenated alkanes) is 9. The number of carbonyl (C=O) groups excluding carboxylic acids is 2. The Morgan fingerprint density at radius 3 is 1.35 bits per heavy atom. The number of ether oxygens (including phenoxy) is 1. The third-order valence-corrected chi connectivity index (χ3v) is 10.5. The Bertz CT molecular complexity index is 1520. The van der Waals surface area contributed by atoms with E-state index in [0.717, 1.165) is 103 Å². The van der Waals surface area contributed by atoms with E-state index < -0.39 is 26.5 Å². The van der Waals surface area contributed by atoms with E-state index in [0.29, 0.717) is 19.3 Å². The topological polar surface area (TPSA) is 131 Å². The van der Waals surface area contributed by atoms with Crippen LogP contribution in [0.3, 0.4) is 0 Å². The predicted octanol–water partition coefficient (Wildman–Crippen LogP) is 14.7. The second-order valence-electron chi connectivity index (χ2n) is 15.7. The summed E-state index contributed by atoms with van der Waals surface area (Å²) >= 11 is 0. The molecule has 0 spiro atoms. The number of phosphoric ester groups is 1. The first-order valence-electron chi connectivity index (χ1n) is 24.7. The first-order valence-corrected chi connectivity index (χ1v) is 26.2. The summed E-state index contributed by atoms with van der Waals surface area (Å²) in [6, 6.07) is 0. The van der Waals surface area contributed by atoms with E-state index in [4.69, 9.17) is 13.8 Å². The highest BCUT2D eigenvalue weighted by Gasteiger charge is 2.23. The molecule has 0 saturated carbocycles. The van der Waals surface area contributed by atoms with Crippen LogP contribution >= 0.6 is 7.82 Å². The van der Waals surface area contributed by atoms with Crippen molar-refractivity contribution in [2.75, 3.05) is 26.4 Å². The van der Waals surface area contributed by atoms with E-state index in [-0.39, 0.29) is 32.1 Å². The lowest BCUT2D eigenvalue weighted by Gasteiger charge is -2.15. The minimum atomic E-state index is -4.45. The van der Waals surface area contributed by atoms with Crippen LogP contribution in [0.4, 0.5) is 0 Å². The molecule has 0 aromatic carbocycles. The molecule has 0 bridgehead atoms. The quantitative estimate of drug-likeness (QED) is 0.0238. The molecule has 9 nitrogen and oxygen atoms in total. The number of hydrogen-bond acceptors (Lipinski definition) is 7. The molecule has 0 rings (SSSR count). The second-order valence-corrected chi connectivity index (χ2v) is 17.1. The number of nitrogens with one attached hydrogen (secondary N) is 1. The second kappa shape index (κ2) is 49.6. The van der Waals surface area contributed by atoms with Crippen molar-refractivity contribution in [3.8, 4) is 0 Å². The average molecular weight is 922 g/mol. The number of hydrogen-bond donors (Lipinski definition) is 3. The van der Waals surface area contributed by atoms with Gasteiger partial charge in [-0.15, -0.1) is 0 Å². The van der Waals surface area contributed by atoms with Gasteiger partial charge in [-0.3, -0.25) is 18.6 Å². The van der Waals surface area contributed by atoms with Crippen LogP contribution in [0.5, 0.6) is 0 Å². The van der Waals surface area contributed by atoms with Crippen LogP contribution < -0.4 is 5.32 Å². The molecule has 0 aliphatic rings. The van der Waals surface area contributed by atoms with Gasteiger partial charge in [-0.05, 0) is 109 Å². The van der Waals surface area contributed by atoms with Gasteiger partial charge in [0.25, 0.3) is 0 Å². The highest BCUT2D eigenvalue weighted by atomic mass is 31.2. The normalized spacial score (nSPS) is 14.3. The van der Waals surface area contributed by atoms with Gasteiger partial charge in [0.15, 0.2) is 0 Å². The zero-order valence-corrected chi connectivity index (χ0v) is 41.3. The van der Waals surface area contributed by atoms with Gasteiger partial charge in [0.1, 0.15) is 12.7 Å². The number of amides is 1. The molecule has 0 aliphatic heterocycles. The van der Waals surface area contributed by atoms with E-state index in [1.165, 1.54) is 25.7 Å². The van der Waals surface area contributed by atoms with Crippen LogP contribution in [-0.2, 0) is 27.9 Å². The molecule has 366 valence electrons. The van der Waals surface area contributed by atoms with Crippen LogP contribution in [0.1, 0.15) is 168 Å². The number of allylic oxidation sites excluding steroid dienone is 22. The molecule has 1 amide bonds. The standard InChI is InChI=1S/C55H88NO8P/c1-3-5-7-9-11-13-15-17-19-21-23-25-26-28-29-31-33-35-37-39-41-43-45-47-54(58)56-49-50-63-65(60,61)64-52-53(57)51-62-55(59)48-46-44-42-40-38-36-34-32-30-27-24-22-20-18-16-14-12-10-8-6-4-2/h5,7,11-14,17-20,23-25,27-29,32-35,39,41,53,57H,3-4,6,8-10,15-16,21-22,26,30-31,36-38,40,42-52H2,1-2H3,(H,56,58)(H,60,61)/b7-5-,13-11-,14-12-,19-17-,20-18-,25-23-,27-24-,29-28-,34-32-,35-33-,41-39-. The summed E-state index contributed by atoms with van der Waals surface area (Å²) in [6.07, 6.45) is 69.6. The molecule has 10 heteroatoms. The Labute approximate surface area is 395 Å². The van der Waals surface area contributed by atoms with E-state index in [9.17, 15) is 24.2 Å². The lowest BCUT2D eigenvalue weighted by Crippen LogP contribution is -2.27. The van der Waals surface area contributed by atoms with Gasteiger partial charge in [-0.1, -0.05) is 180 Å². The Kier molecular flexibility index (Phi) is 46.6. The summed E-state index contributed by atoms with van der Waals surface area (Å²) in [4.78, 5) is 34.0. The minimum absolute atomic E-state index is 0.0385. The van der Waals surface area contributed by atoms with Crippen molar-refractivity contribution < 1.29 is 37.9 Å². The van der Waals surface area contributed by atoms with E-state index >= 15 is 0 Å². The van der Waals surface area contributed by atoms with Gasteiger partial charge in [0.2, 0.25) is 5.91 Å². The van der Waals surface area contributed by atoms with Crippen molar-refractivity contribution in [2.45, 2.75) is 174 Å². The van der Waals surface area contributed by atoms with Crippen molar-refractivity contribution >= 4 is 19.7 Å². The smallest absolute Gasteiger partial charge is 0.463 e. The predicted molar refractivity (Wildman–Crippen MR) is 274 cm³/mol. The Balaban J connectivity index is 3.74. The first kappa shape index (κ1) is 61.1. The molecule has 2 atom stereocenters. The van der Waals surface area contributed by atoms with Crippen molar-refractivity contribution in [3.05, 3.63) is 134 Å². The third kappa shape index (κ3) is 51.0. The SMILES string of the molecule is CC/C=C\C/C=C\C/C=C\C/C=C\C/C=C\C/C=C\C/C=C\CCCC(=O)NCCOP(=O)(O)OCC(O)COC(=O)CCCCCCC/C=C\C/C=C\C/C=C\C/C=C\CCCCC. The van der Waals surface area contributed by atoms with Gasteiger partial charge in [0.05, 0.1) is 13.2 Å². The van der Waals surface area contributed by atoms with Crippen molar-refractivity contribution in [1.29, 1.82) is 0 Å². The van der Waals surface area contributed by atoms with Crippen molar-refractivity contribution in [2.24, 2.45) is 0 Å². The highest BCUT2D eigenvalue weighted by molar-refractivity contribution is 7.47. The first-order chi connectivity index (χ1) is 31.8. The average Bonchev–Trinajstić information content (AvgIpc) is 3.29. The monoisotopic (exact) mass is 922 g/mol. The lowest BCUT2D eigenvalue weighted by molar-refractivity contribution is -0.147. The van der Waals surface area contributed by atoms with Crippen LogP contribution in [0, 0.1) is 0 Å². The summed E-state index contributed by atoms with van der Waals surface area (Å²) in [7, 11) is -4.45. The number of phosphoric acid groups is 1. The minimum Gasteiger partial charge on any atom is -0.463 e. The number of esters is 1. The van der Waals surface area contributed by atoms with Crippen molar-refractivity contribution in [3.63, 3.8) is 0 Å². The van der Waals surface area contributed by atoms with Crippen LogP contribution in [0.2, 0.25) is 0 Å². The molecule has 0 saturated heterocycles. The van der Waals surface area contributed by atoms with E-state index in [2.05, 4.69) is 153 Å². The number of carbonyl (C=O) groups is 2. The third-order valence-electron chi connectivity index (χ3n) is 9.56. The van der Waals surface area contributed by atoms with Gasteiger partial charge in [0, 0.05) is 19.4 Å². The lowest BCUT2D eigenvalue weighted by atomic mass is 10.1. The molecule has 65 heavy (non-hydrogen) atoms. The van der Waals surface area contributed by atoms with E-state index in [1.54, 1.807) is 0 Å². The zero-order valence-electron chi connectivity index (χ0n) is 40.4. The summed E-state index contributed by atoms with van der Waals surface area (Å²) in [5.74, 6) is -0.607. The highest BCUT2D eigenvalue weighted by Crippen LogP contribution is 2.42. The fourth-order valence-corrected chi connectivity index (χ4v) is 6.64. The molecule has 0 aromatic rings. The molecule has 0 radical (unpaired) electrons. The summed E-state index contributed by atoms with van der Waals surface area (Å²) in [5.41, 5.74) is 0. The molecule has 3 N–H and O–H groups in total. The van der Waals surface area contributed by atoms with Crippen LogP contribution in [0.25, 0.3) is 0 Å². The van der Waals surface area contributed by atoms with Crippen molar-refractivity contribution in [1.82, 2.24) is 5.32 Å². The van der Waals surface area contributed by atoms with Crippen LogP contribution in [-0.4, -0.2) is 54.3 Å². The summed E-state index contributed by atoms with van der Waals surface area (Å²) in [6.45, 7) is 3.29. The Morgan fingerprint density at radius 2 is 0.892 bits per heavy atom. The maximum atomic E-state index is 12.1. The van der Waals surface area contributed by atoms with Gasteiger partial charge in [-0.25, -0.2) is 4.57 Å². The maximum Gasteiger partial charge on any atom is 0.472 e. The number of aliphatic hydroxyl groups excluding tert-OH is 1. The molecule has 2 unspecified atom stereocenters. The van der Waals surface area contributed by atoms with Gasteiger partial charge < -0.3 is 20.1 Å². The molecule has 0 heterocycles. The van der Waals surface area contributed by atoms with E-state index in [1.807, 2.05) is 0 Å². The molecular weight excluding hydrogens is 834 g/mol. The zero-order chi connectivity index (χ0) is 47.4. The molecular formula is C55H88NO8P. The molecule has 0 aliphatic carbocycles. The maximum absolute atomic E-state index is 12.1. The molecule has 0 aromatic heterocycles. The largest absolute Gasteiger partial charge is 0.472 e. The van der Waals surface area contributed by atoms with Crippen LogP contribution in [0.15, 0.2) is 134 Å².